The zero-order valence-electron chi connectivity index (χ0n) is 23.6. The number of halogens is 4. The van der Waals surface area contributed by atoms with E-state index in [-0.39, 0.29) is 17.1 Å². The number of hydrogen-bond donors (Lipinski definition) is 0. The molecule has 0 N–H and O–H groups in total. The topological polar surface area (TPSA) is 87.7 Å². The maximum atomic E-state index is 14.2. The highest BCUT2D eigenvalue weighted by Gasteiger charge is 2.32. The molecule has 3 aromatic heterocycles. The van der Waals surface area contributed by atoms with Gasteiger partial charge in [-0.15, -0.1) is 13.2 Å². The first-order valence-electron chi connectivity index (χ1n) is 13.0. The fourth-order valence-electron chi connectivity index (χ4n) is 4.41. The van der Waals surface area contributed by atoms with Crippen LogP contribution >= 0.6 is 0 Å². The van der Waals surface area contributed by atoms with E-state index in [1.165, 1.54) is 12.3 Å². The molecule has 3 heterocycles. The Labute approximate surface area is 244 Å². The van der Waals surface area contributed by atoms with Gasteiger partial charge in [0.2, 0.25) is 5.89 Å². The highest BCUT2D eigenvalue weighted by molar-refractivity contribution is 5.62. The quantitative estimate of drug-likeness (QED) is 0.166. The van der Waals surface area contributed by atoms with Crippen LogP contribution in [0.2, 0.25) is 0 Å². The van der Waals surface area contributed by atoms with Crippen LogP contribution in [-0.2, 0) is 13.1 Å². The van der Waals surface area contributed by atoms with Gasteiger partial charge in [-0.2, -0.15) is 5.10 Å². The number of oxazole rings is 1. The Morgan fingerprint density at radius 2 is 1.65 bits per heavy atom. The van der Waals surface area contributed by atoms with E-state index < -0.39 is 17.9 Å². The monoisotopic (exact) mass is 597 g/mol. The molecule has 13 heteroatoms. The molecule has 9 nitrogen and oxygen atoms in total. The second kappa shape index (κ2) is 12.0. The number of alkyl halides is 3. The predicted octanol–water partition coefficient (Wildman–Crippen LogP) is 6.65. The Hall–Kier alpha value is -5.07. The number of hydrogen-bond acceptors (Lipinski definition) is 8. The summed E-state index contributed by atoms with van der Waals surface area (Å²) in [6.45, 7) is 2.94. The first-order chi connectivity index (χ1) is 20.5. The van der Waals surface area contributed by atoms with Crippen LogP contribution in [0.1, 0.15) is 16.8 Å². The zero-order chi connectivity index (χ0) is 30.7. The Morgan fingerprint density at radius 1 is 0.907 bits per heavy atom. The van der Waals surface area contributed by atoms with E-state index in [0.29, 0.717) is 30.3 Å². The molecule has 0 spiro atoms. The van der Waals surface area contributed by atoms with Crippen LogP contribution in [0.5, 0.6) is 17.2 Å². The summed E-state index contributed by atoms with van der Waals surface area (Å²) in [6.07, 6.45) is -1.93. The Bertz CT molecular complexity index is 1720. The molecule has 43 heavy (non-hydrogen) atoms. The van der Waals surface area contributed by atoms with Gasteiger partial charge in [-0.3, -0.25) is 4.68 Å². The lowest BCUT2D eigenvalue weighted by Crippen LogP contribution is -2.18. The lowest BCUT2D eigenvalue weighted by Gasteiger charge is -2.19. The lowest BCUT2D eigenvalue weighted by molar-refractivity contribution is -0.275. The first kappa shape index (κ1) is 29.4. The molecule has 0 radical (unpaired) electrons. The molecular formula is C30H27F4N5O4. The van der Waals surface area contributed by atoms with Crippen molar-refractivity contribution in [1.29, 1.82) is 0 Å². The van der Waals surface area contributed by atoms with Crippen molar-refractivity contribution in [2.24, 2.45) is 0 Å². The van der Waals surface area contributed by atoms with Crippen molar-refractivity contribution in [3.05, 3.63) is 89.7 Å². The molecule has 0 unspecified atom stereocenters. The van der Waals surface area contributed by atoms with Crippen LogP contribution in [0.4, 0.5) is 23.4 Å². The maximum Gasteiger partial charge on any atom is 0.573 e. The summed E-state index contributed by atoms with van der Waals surface area (Å²) < 4.78 is 73.2. The fraction of sp³-hybridized carbons (Fsp3) is 0.233. The molecule has 0 fully saturated rings. The van der Waals surface area contributed by atoms with Crippen molar-refractivity contribution in [1.82, 2.24) is 19.7 Å². The van der Waals surface area contributed by atoms with Crippen molar-refractivity contribution in [2.75, 3.05) is 26.2 Å². The smallest absolute Gasteiger partial charge is 0.493 e. The highest BCUT2D eigenvalue weighted by Crippen LogP contribution is 2.31. The number of ether oxygens (including phenoxy) is 3. The molecule has 0 aliphatic rings. The van der Waals surface area contributed by atoms with Crippen molar-refractivity contribution >= 4 is 5.82 Å². The van der Waals surface area contributed by atoms with E-state index in [4.69, 9.17) is 13.9 Å². The average Bonchev–Trinajstić information content (AvgIpc) is 3.61. The Morgan fingerprint density at radius 3 is 2.33 bits per heavy atom. The number of benzene rings is 2. The molecule has 224 valence electrons. The van der Waals surface area contributed by atoms with Crippen LogP contribution < -0.4 is 19.1 Å². The van der Waals surface area contributed by atoms with Gasteiger partial charge in [0.05, 0.1) is 20.8 Å². The lowest BCUT2D eigenvalue weighted by atomic mass is 10.1. The third-order valence-electron chi connectivity index (χ3n) is 6.56. The SMILES string of the molecule is COc1ccc(CN(C)c2ccc(Cn3nc(-c4nc(-c5ccc(OC(F)(F)F)c(F)c5)co4)cc3C)cn2)cc1OC. The minimum absolute atomic E-state index is 0.179. The molecule has 0 saturated heterocycles. The zero-order valence-corrected chi connectivity index (χ0v) is 23.6. The van der Waals surface area contributed by atoms with E-state index in [9.17, 15) is 17.6 Å². The minimum atomic E-state index is -5.00. The van der Waals surface area contributed by atoms with E-state index in [0.717, 1.165) is 34.8 Å². The van der Waals surface area contributed by atoms with Crippen LogP contribution in [0, 0.1) is 12.7 Å². The number of anilines is 1. The third-order valence-corrected chi connectivity index (χ3v) is 6.56. The molecule has 5 aromatic rings. The summed E-state index contributed by atoms with van der Waals surface area (Å²) in [6, 6.07) is 14.5. The highest BCUT2D eigenvalue weighted by atomic mass is 19.4. The number of nitrogens with zero attached hydrogens (tertiary/aromatic N) is 5. The van der Waals surface area contributed by atoms with Crippen LogP contribution in [-0.4, -0.2) is 47.4 Å². The number of rotatable bonds is 10. The van der Waals surface area contributed by atoms with Crippen molar-refractivity contribution in [2.45, 2.75) is 26.4 Å². The van der Waals surface area contributed by atoms with Crippen LogP contribution in [0.15, 0.2) is 71.5 Å². The summed E-state index contributed by atoms with van der Waals surface area (Å²) in [5.41, 5.74) is 3.70. The van der Waals surface area contributed by atoms with Gasteiger partial charge in [0.15, 0.2) is 23.1 Å². The molecule has 0 aliphatic heterocycles. The van der Waals surface area contributed by atoms with E-state index in [1.807, 2.05) is 49.2 Å². The largest absolute Gasteiger partial charge is 0.573 e. The van der Waals surface area contributed by atoms with Crippen molar-refractivity contribution < 1.29 is 36.2 Å². The summed E-state index contributed by atoms with van der Waals surface area (Å²) in [5.74, 6) is 0.193. The Balaban J connectivity index is 1.25. The fourth-order valence-corrected chi connectivity index (χ4v) is 4.41. The van der Waals surface area contributed by atoms with Gasteiger partial charge in [0.25, 0.3) is 0 Å². The van der Waals surface area contributed by atoms with E-state index in [1.54, 1.807) is 31.2 Å². The molecular weight excluding hydrogens is 570 g/mol. The molecule has 0 atom stereocenters. The molecule has 0 saturated carbocycles. The summed E-state index contributed by atoms with van der Waals surface area (Å²) in [4.78, 5) is 11.0. The van der Waals surface area contributed by atoms with Crippen molar-refractivity contribution in [3.63, 3.8) is 0 Å². The molecule has 0 bridgehead atoms. The van der Waals surface area contributed by atoms with Crippen LogP contribution in [0.3, 0.4) is 0 Å². The molecule has 5 rings (SSSR count). The molecule has 2 aromatic carbocycles. The molecule has 0 amide bonds. The average molecular weight is 598 g/mol. The predicted molar refractivity (Wildman–Crippen MR) is 150 cm³/mol. The van der Waals surface area contributed by atoms with E-state index >= 15 is 0 Å². The van der Waals surface area contributed by atoms with Crippen LogP contribution in [0.25, 0.3) is 22.8 Å². The summed E-state index contributed by atoms with van der Waals surface area (Å²) in [7, 11) is 5.15. The Kier molecular flexibility index (Phi) is 8.24. The van der Waals surface area contributed by atoms with Gasteiger partial charge in [-0.05, 0) is 60.5 Å². The van der Waals surface area contributed by atoms with Gasteiger partial charge in [0, 0.05) is 31.0 Å². The molecule has 0 aliphatic carbocycles. The number of pyridine rings is 1. The standard InChI is InChI=1S/C30H27F4N5O4/c1-18-11-23(29-36-24(17-42-29)21-7-9-25(22(31)13-21)43-30(32,33)34)37-39(18)16-20-6-10-28(35-14-20)38(2)15-19-5-8-26(40-3)27(12-19)41-4/h5-14,17H,15-16H2,1-4H3. The van der Waals surface area contributed by atoms with Gasteiger partial charge in [-0.1, -0.05) is 12.1 Å². The van der Waals surface area contributed by atoms with Gasteiger partial charge in [-0.25, -0.2) is 14.4 Å². The maximum absolute atomic E-state index is 14.2. The summed E-state index contributed by atoms with van der Waals surface area (Å²) in [5, 5.41) is 4.58. The number of aryl methyl sites for hydroxylation is 1. The first-order valence-corrected chi connectivity index (χ1v) is 13.0. The van der Waals surface area contributed by atoms with E-state index in [2.05, 4.69) is 19.8 Å². The second-order valence-corrected chi connectivity index (χ2v) is 9.63. The van der Waals surface area contributed by atoms with Crippen molar-refractivity contribution in [3.8, 4) is 40.1 Å². The summed E-state index contributed by atoms with van der Waals surface area (Å²) >= 11 is 0. The van der Waals surface area contributed by atoms with Gasteiger partial charge in [0.1, 0.15) is 23.5 Å². The van der Waals surface area contributed by atoms with Gasteiger partial charge >= 0.3 is 6.36 Å². The third kappa shape index (κ3) is 6.88. The second-order valence-electron chi connectivity index (χ2n) is 9.63. The minimum Gasteiger partial charge on any atom is -0.493 e. The number of methoxy groups -OCH3 is 2. The number of aromatic nitrogens is 4. The normalized spacial score (nSPS) is 11.4. The van der Waals surface area contributed by atoms with Gasteiger partial charge < -0.3 is 23.5 Å².